The van der Waals surface area contributed by atoms with Gasteiger partial charge < -0.3 is 4.74 Å². The Morgan fingerprint density at radius 2 is 1.47 bits per heavy atom. The van der Waals surface area contributed by atoms with Crippen LogP contribution >= 0.6 is 0 Å². The maximum Gasteiger partial charge on any atom is 0.308 e. The summed E-state index contributed by atoms with van der Waals surface area (Å²) in [5.41, 5.74) is 0. The van der Waals surface area contributed by atoms with E-state index in [2.05, 4.69) is 20.8 Å². The van der Waals surface area contributed by atoms with Gasteiger partial charge in [0.2, 0.25) is 0 Å². The van der Waals surface area contributed by atoms with Gasteiger partial charge in [0.05, 0.1) is 13.0 Å². The highest BCUT2D eigenvalue weighted by Crippen LogP contribution is 2.19. The average molecular weight is 242 g/mol. The minimum Gasteiger partial charge on any atom is -0.469 e. The fourth-order valence-electron chi connectivity index (χ4n) is 2.11. The fraction of sp³-hybridized carbons (Fsp3) is 0.933. The fourth-order valence-corrected chi connectivity index (χ4v) is 2.11. The molecule has 2 atom stereocenters. The van der Waals surface area contributed by atoms with Crippen LogP contribution in [0.5, 0.6) is 0 Å². The van der Waals surface area contributed by atoms with Crippen molar-refractivity contribution in [1.82, 2.24) is 0 Å². The summed E-state index contributed by atoms with van der Waals surface area (Å²) in [5, 5.41) is 0. The molecule has 0 radical (unpaired) electrons. The molecule has 2 nitrogen and oxygen atoms in total. The van der Waals surface area contributed by atoms with Crippen molar-refractivity contribution in [3.63, 3.8) is 0 Å². The molecule has 0 fully saturated rings. The van der Waals surface area contributed by atoms with Crippen molar-refractivity contribution in [2.45, 2.75) is 66.2 Å². The Bertz CT molecular complexity index is 199. The van der Waals surface area contributed by atoms with E-state index in [1.54, 1.807) is 0 Å². The summed E-state index contributed by atoms with van der Waals surface area (Å²) in [4.78, 5) is 11.2. The largest absolute Gasteiger partial charge is 0.469 e. The molecule has 0 aromatic heterocycles. The predicted octanol–water partition coefficient (Wildman–Crippen LogP) is 4.43. The van der Waals surface area contributed by atoms with Gasteiger partial charge in [0.1, 0.15) is 0 Å². The summed E-state index contributed by atoms with van der Waals surface area (Å²) < 4.78 is 4.72. The van der Waals surface area contributed by atoms with E-state index in [1.807, 2.05) is 6.92 Å². The first-order chi connectivity index (χ1) is 7.97. The van der Waals surface area contributed by atoms with E-state index < -0.39 is 0 Å². The van der Waals surface area contributed by atoms with Gasteiger partial charge in [-0.05, 0) is 18.3 Å². The predicted molar refractivity (Wildman–Crippen MR) is 72.9 cm³/mol. The number of carbonyl (C=O) groups is 1. The number of carbonyl (C=O) groups excluding carboxylic acids is 1. The third-order valence-electron chi connectivity index (χ3n) is 3.42. The first-order valence-corrected chi connectivity index (χ1v) is 7.05. The Labute approximate surface area is 107 Å². The van der Waals surface area contributed by atoms with E-state index in [1.165, 1.54) is 32.8 Å². The Morgan fingerprint density at radius 1 is 0.941 bits per heavy atom. The molecule has 0 saturated carbocycles. The standard InChI is InChI=1S/C15H30O2/c1-12(2)8-6-9-13(3)10-7-11-14(4)15(16)17-5/h12-14H,6-11H2,1-5H3/t13-,14-/m1/s1. The molecule has 0 amide bonds. The molecule has 0 aliphatic rings. The summed E-state index contributed by atoms with van der Waals surface area (Å²) >= 11 is 0. The average Bonchev–Trinajstić information content (AvgIpc) is 2.27. The summed E-state index contributed by atoms with van der Waals surface area (Å²) in [6.45, 7) is 8.84. The van der Waals surface area contributed by atoms with Gasteiger partial charge in [-0.25, -0.2) is 0 Å². The maximum absolute atomic E-state index is 11.2. The molecule has 0 unspecified atom stereocenters. The van der Waals surface area contributed by atoms with Crippen LogP contribution in [0.15, 0.2) is 0 Å². The van der Waals surface area contributed by atoms with Crippen molar-refractivity contribution in [3.05, 3.63) is 0 Å². The summed E-state index contributed by atoms with van der Waals surface area (Å²) in [5.74, 6) is 1.60. The zero-order valence-electron chi connectivity index (χ0n) is 12.3. The molecule has 102 valence electrons. The lowest BCUT2D eigenvalue weighted by atomic mass is 9.93. The second-order valence-electron chi connectivity index (χ2n) is 5.79. The van der Waals surface area contributed by atoms with E-state index in [9.17, 15) is 4.79 Å². The zero-order chi connectivity index (χ0) is 13.3. The van der Waals surface area contributed by atoms with Crippen LogP contribution in [0.4, 0.5) is 0 Å². The molecule has 0 N–H and O–H groups in total. The Kier molecular flexibility index (Phi) is 9.20. The highest BCUT2D eigenvalue weighted by molar-refractivity contribution is 5.71. The molecule has 0 aliphatic heterocycles. The molecular weight excluding hydrogens is 212 g/mol. The van der Waals surface area contributed by atoms with Crippen LogP contribution in [0.2, 0.25) is 0 Å². The van der Waals surface area contributed by atoms with Gasteiger partial charge in [-0.2, -0.15) is 0 Å². The quantitative estimate of drug-likeness (QED) is 0.559. The second kappa shape index (κ2) is 9.49. The summed E-state index contributed by atoms with van der Waals surface area (Å²) in [6, 6.07) is 0. The van der Waals surface area contributed by atoms with E-state index in [-0.39, 0.29) is 11.9 Å². The van der Waals surface area contributed by atoms with Gasteiger partial charge >= 0.3 is 5.97 Å². The lowest BCUT2D eigenvalue weighted by molar-refractivity contribution is -0.145. The molecular formula is C15H30O2. The smallest absolute Gasteiger partial charge is 0.308 e. The van der Waals surface area contributed by atoms with E-state index in [0.29, 0.717) is 0 Å². The van der Waals surface area contributed by atoms with Gasteiger partial charge in [-0.15, -0.1) is 0 Å². The third-order valence-corrected chi connectivity index (χ3v) is 3.42. The van der Waals surface area contributed by atoms with Gasteiger partial charge in [0.25, 0.3) is 0 Å². The van der Waals surface area contributed by atoms with Gasteiger partial charge in [-0.3, -0.25) is 4.79 Å². The molecule has 2 heteroatoms. The maximum atomic E-state index is 11.2. The third kappa shape index (κ3) is 9.20. The number of hydrogen-bond donors (Lipinski definition) is 0. The van der Waals surface area contributed by atoms with Gasteiger partial charge in [0.15, 0.2) is 0 Å². The first kappa shape index (κ1) is 16.5. The first-order valence-electron chi connectivity index (χ1n) is 7.05. The van der Waals surface area contributed by atoms with Crippen molar-refractivity contribution in [3.8, 4) is 0 Å². The Morgan fingerprint density at radius 3 is 1.94 bits per heavy atom. The molecule has 0 bridgehead atoms. The topological polar surface area (TPSA) is 26.3 Å². The Balaban J connectivity index is 3.50. The second-order valence-corrected chi connectivity index (χ2v) is 5.79. The summed E-state index contributed by atoms with van der Waals surface area (Å²) in [7, 11) is 1.47. The van der Waals surface area contributed by atoms with Crippen molar-refractivity contribution in [1.29, 1.82) is 0 Å². The number of ether oxygens (including phenoxy) is 1. The van der Waals surface area contributed by atoms with Gasteiger partial charge in [-0.1, -0.05) is 59.8 Å². The highest BCUT2D eigenvalue weighted by Gasteiger charge is 2.13. The van der Waals surface area contributed by atoms with Crippen LogP contribution in [-0.4, -0.2) is 13.1 Å². The SMILES string of the molecule is COC(=O)[C@H](C)CCC[C@H](C)CCCC(C)C. The lowest BCUT2D eigenvalue weighted by Crippen LogP contribution is -2.12. The molecule has 0 aromatic rings. The van der Waals surface area contributed by atoms with Crippen molar-refractivity contribution in [2.75, 3.05) is 7.11 Å². The number of hydrogen-bond acceptors (Lipinski definition) is 2. The van der Waals surface area contributed by atoms with Crippen molar-refractivity contribution in [2.24, 2.45) is 17.8 Å². The van der Waals surface area contributed by atoms with E-state index in [4.69, 9.17) is 4.74 Å². The molecule has 0 spiro atoms. The minimum absolute atomic E-state index is 0.0582. The molecule has 0 rings (SSSR count). The molecule has 0 aliphatic carbocycles. The minimum atomic E-state index is -0.0718. The number of esters is 1. The van der Waals surface area contributed by atoms with Crippen LogP contribution in [0, 0.1) is 17.8 Å². The monoisotopic (exact) mass is 242 g/mol. The van der Waals surface area contributed by atoms with Crippen LogP contribution in [-0.2, 0) is 9.53 Å². The van der Waals surface area contributed by atoms with E-state index >= 15 is 0 Å². The van der Waals surface area contributed by atoms with Crippen LogP contribution in [0.3, 0.4) is 0 Å². The number of methoxy groups -OCH3 is 1. The van der Waals surface area contributed by atoms with Crippen LogP contribution in [0.25, 0.3) is 0 Å². The van der Waals surface area contributed by atoms with Crippen LogP contribution < -0.4 is 0 Å². The van der Waals surface area contributed by atoms with Crippen LogP contribution in [0.1, 0.15) is 66.2 Å². The van der Waals surface area contributed by atoms with Crippen molar-refractivity contribution < 1.29 is 9.53 Å². The molecule has 0 saturated heterocycles. The molecule has 0 aromatic carbocycles. The van der Waals surface area contributed by atoms with E-state index in [0.717, 1.165) is 24.7 Å². The van der Waals surface area contributed by atoms with Gasteiger partial charge in [0, 0.05) is 0 Å². The Hall–Kier alpha value is -0.530. The lowest BCUT2D eigenvalue weighted by Gasteiger charge is -2.13. The zero-order valence-corrected chi connectivity index (χ0v) is 12.3. The highest BCUT2D eigenvalue weighted by atomic mass is 16.5. The van der Waals surface area contributed by atoms with Crippen molar-refractivity contribution >= 4 is 5.97 Å². The molecule has 17 heavy (non-hydrogen) atoms. The summed E-state index contributed by atoms with van der Waals surface area (Å²) in [6.07, 6.45) is 7.33. The normalized spacial score (nSPS) is 14.7. The molecule has 0 heterocycles. The number of rotatable bonds is 9.